The molecule has 0 aliphatic heterocycles. The lowest BCUT2D eigenvalue weighted by molar-refractivity contribution is -0.124. The predicted molar refractivity (Wildman–Crippen MR) is 141 cm³/mol. The second kappa shape index (κ2) is 10.6. The van der Waals surface area contributed by atoms with Gasteiger partial charge in [0.2, 0.25) is 11.8 Å². The summed E-state index contributed by atoms with van der Waals surface area (Å²) in [6.07, 6.45) is 2.93. The fraction of sp³-hybridized carbons (Fsp3) is 0.200. The van der Waals surface area contributed by atoms with E-state index in [0.717, 1.165) is 0 Å². The molecule has 0 aliphatic carbocycles. The lowest BCUT2D eigenvalue weighted by Crippen LogP contribution is -2.32. The molecule has 0 saturated heterocycles. The molecule has 192 valence electrons. The van der Waals surface area contributed by atoms with Crippen molar-refractivity contribution in [1.29, 1.82) is 0 Å². The Kier molecular flexibility index (Phi) is 7.46. The summed E-state index contributed by atoms with van der Waals surface area (Å²) in [5.41, 5.74) is 1.43. The van der Waals surface area contributed by atoms with E-state index in [4.69, 9.17) is 16.3 Å². The third kappa shape index (κ3) is 5.42. The van der Waals surface area contributed by atoms with Gasteiger partial charge in [-0.3, -0.25) is 18.9 Å². The Morgan fingerprint density at radius 1 is 1.14 bits per heavy atom. The van der Waals surface area contributed by atoms with Gasteiger partial charge in [0.05, 0.1) is 35.3 Å². The van der Waals surface area contributed by atoms with Crippen molar-refractivity contribution in [3.63, 3.8) is 0 Å². The maximum atomic E-state index is 13.2. The van der Waals surface area contributed by atoms with Crippen LogP contribution in [0, 0.1) is 5.92 Å². The first-order valence-corrected chi connectivity index (χ1v) is 13.0. The molecule has 0 saturated carbocycles. The summed E-state index contributed by atoms with van der Waals surface area (Å²) < 4.78 is 35.1. The molecule has 0 fully saturated rings. The molecule has 2 aromatic heterocycles. The predicted octanol–water partition coefficient (Wildman–Crippen LogP) is 3.30. The maximum Gasteiger partial charge on any atom is 0.263 e. The van der Waals surface area contributed by atoms with Gasteiger partial charge in [0.25, 0.3) is 15.6 Å². The van der Waals surface area contributed by atoms with Crippen LogP contribution < -0.4 is 20.3 Å². The number of carbonyl (C=O) groups excluding carboxylic acids is 1. The van der Waals surface area contributed by atoms with Crippen LogP contribution in [0.15, 0.2) is 70.7 Å². The zero-order valence-corrected chi connectivity index (χ0v) is 21.8. The van der Waals surface area contributed by atoms with Crippen LogP contribution in [-0.2, 0) is 21.4 Å². The van der Waals surface area contributed by atoms with Crippen molar-refractivity contribution in [2.24, 2.45) is 5.92 Å². The Labute approximate surface area is 218 Å². The van der Waals surface area contributed by atoms with Crippen LogP contribution >= 0.6 is 11.6 Å². The van der Waals surface area contributed by atoms with Gasteiger partial charge in [0.1, 0.15) is 10.6 Å². The number of amides is 1. The third-order valence-corrected chi connectivity index (χ3v) is 7.60. The van der Waals surface area contributed by atoms with Crippen molar-refractivity contribution >= 4 is 44.1 Å². The third-order valence-electron chi connectivity index (χ3n) is 5.74. The van der Waals surface area contributed by atoms with E-state index in [1.807, 2.05) is 0 Å². The van der Waals surface area contributed by atoms with E-state index in [2.05, 4.69) is 20.0 Å². The second-order valence-electron chi connectivity index (χ2n) is 8.27. The number of benzene rings is 2. The minimum Gasteiger partial charge on any atom is -0.480 e. The van der Waals surface area contributed by atoms with E-state index in [1.54, 1.807) is 43.3 Å². The average Bonchev–Trinajstić information content (AvgIpc) is 2.89. The highest BCUT2D eigenvalue weighted by atomic mass is 35.5. The number of fused-ring (bicyclic) bond motifs is 1. The van der Waals surface area contributed by atoms with Crippen LogP contribution in [-0.4, -0.2) is 43.0 Å². The van der Waals surface area contributed by atoms with E-state index in [1.165, 1.54) is 43.4 Å². The zero-order chi connectivity index (χ0) is 26.7. The average molecular weight is 542 g/mol. The number of nitrogens with one attached hydrogen (secondary N) is 2. The van der Waals surface area contributed by atoms with Gasteiger partial charge >= 0.3 is 0 Å². The first-order valence-electron chi connectivity index (χ1n) is 11.2. The van der Waals surface area contributed by atoms with Crippen molar-refractivity contribution in [3.05, 3.63) is 76.4 Å². The fourth-order valence-electron chi connectivity index (χ4n) is 3.80. The molecule has 0 aliphatic rings. The van der Waals surface area contributed by atoms with Crippen LogP contribution in [0.4, 0.5) is 5.69 Å². The van der Waals surface area contributed by atoms with E-state index in [-0.39, 0.29) is 39.5 Å². The Morgan fingerprint density at radius 3 is 2.59 bits per heavy atom. The van der Waals surface area contributed by atoms with Gasteiger partial charge in [-0.25, -0.2) is 18.4 Å². The van der Waals surface area contributed by atoms with Crippen molar-refractivity contribution in [3.8, 4) is 17.0 Å². The summed E-state index contributed by atoms with van der Waals surface area (Å²) in [5, 5.41) is 2.99. The summed E-state index contributed by atoms with van der Waals surface area (Å²) in [7, 11) is -1.13. The van der Waals surface area contributed by atoms with Crippen molar-refractivity contribution in [2.45, 2.75) is 18.4 Å². The molecule has 2 heterocycles. The van der Waals surface area contributed by atoms with Crippen LogP contribution in [0.3, 0.4) is 0 Å². The molecule has 12 heteroatoms. The van der Waals surface area contributed by atoms with Gasteiger partial charge < -0.3 is 10.1 Å². The normalized spacial score (nSPS) is 12.2. The lowest BCUT2D eigenvalue weighted by Gasteiger charge is -2.14. The first-order chi connectivity index (χ1) is 17.6. The Bertz CT molecular complexity index is 1660. The van der Waals surface area contributed by atoms with Gasteiger partial charge in [0, 0.05) is 25.4 Å². The van der Waals surface area contributed by atoms with Crippen LogP contribution in [0.5, 0.6) is 5.88 Å². The summed E-state index contributed by atoms with van der Waals surface area (Å²) >= 11 is 6.09. The van der Waals surface area contributed by atoms with Crippen LogP contribution in [0.25, 0.3) is 22.0 Å². The minimum absolute atomic E-state index is 0.0624. The summed E-state index contributed by atoms with van der Waals surface area (Å²) in [5.74, 6) is -0.547. The van der Waals surface area contributed by atoms with Crippen molar-refractivity contribution in [2.75, 3.05) is 18.9 Å². The fourth-order valence-corrected chi connectivity index (χ4v) is 5.37. The molecular formula is C25H24ClN5O5S. The number of hydrogen-bond donors (Lipinski definition) is 2. The summed E-state index contributed by atoms with van der Waals surface area (Å²) in [4.78, 5) is 33.5. The van der Waals surface area contributed by atoms with Crippen LogP contribution in [0.2, 0.25) is 5.02 Å². The number of carbonyl (C=O) groups is 1. The minimum atomic E-state index is -4.04. The van der Waals surface area contributed by atoms with E-state index in [9.17, 15) is 18.0 Å². The molecule has 4 aromatic rings. The van der Waals surface area contributed by atoms with Gasteiger partial charge in [0.15, 0.2) is 0 Å². The lowest BCUT2D eigenvalue weighted by atomic mass is 10.0. The molecule has 2 aromatic carbocycles. The molecule has 1 amide bonds. The number of halogens is 1. The number of rotatable bonds is 8. The van der Waals surface area contributed by atoms with E-state index in [0.29, 0.717) is 22.0 Å². The smallest absolute Gasteiger partial charge is 0.263 e. The summed E-state index contributed by atoms with van der Waals surface area (Å²) in [6.45, 7) is 1.89. The molecule has 10 nitrogen and oxygen atoms in total. The summed E-state index contributed by atoms with van der Waals surface area (Å²) in [6, 6.07) is 12.7. The highest BCUT2D eigenvalue weighted by Gasteiger charge is 2.21. The number of anilines is 1. The number of pyridine rings is 1. The highest BCUT2D eigenvalue weighted by Crippen LogP contribution is 2.32. The quantitative estimate of drug-likeness (QED) is 0.350. The number of aromatic nitrogens is 3. The molecule has 2 N–H and O–H groups in total. The SMILES string of the molecule is CNC(=O)[C@@H](C)Cn1cnc2ccc(-c3cnc(OC)c(NS(=O)(=O)c4ccccc4Cl)c3)cc2c1=O. The van der Waals surface area contributed by atoms with E-state index >= 15 is 0 Å². The zero-order valence-electron chi connectivity index (χ0n) is 20.2. The molecule has 1 atom stereocenters. The molecule has 0 spiro atoms. The molecule has 0 radical (unpaired) electrons. The van der Waals surface area contributed by atoms with Crippen LogP contribution in [0.1, 0.15) is 6.92 Å². The Morgan fingerprint density at radius 2 is 1.89 bits per heavy atom. The molecular weight excluding hydrogens is 518 g/mol. The second-order valence-corrected chi connectivity index (χ2v) is 10.3. The first kappa shape index (κ1) is 26.1. The Balaban J connectivity index is 1.74. The molecule has 0 unspecified atom stereocenters. The number of ether oxygens (including phenoxy) is 1. The monoisotopic (exact) mass is 541 g/mol. The topological polar surface area (TPSA) is 132 Å². The molecule has 4 rings (SSSR count). The Hall–Kier alpha value is -3.96. The molecule has 37 heavy (non-hydrogen) atoms. The standard InChI is InChI=1S/C25H24ClN5O5S/c1-15(23(32)27-2)13-31-14-29-20-9-8-16(10-18(20)25(31)33)17-11-21(24(36-3)28-12-17)30-37(34,35)22-7-5-4-6-19(22)26/h4-12,14-15,30H,13H2,1-3H3,(H,27,32)/t15-/m0/s1. The number of hydrogen-bond acceptors (Lipinski definition) is 7. The number of methoxy groups -OCH3 is 1. The van der Waals surface area contributed by atoms with E-state index < -0.39 is 15.9 Å². The van der Waals surface area contributed by atoms with Gasteiger partial charge in [-0.05, 0) is 35.9 Å². The van der Waals surface area contributed by atoms with Gasteiger partial charge in [-0.15, -0.1) is 0 Å². The van der Waals surface area contributed by atoms with Crippen molar-refractivity contribution in [1.82, 2.24) is 19.9 Å². The number of nitrogens with zero attached hydrogens (tertiary/aromatic N) is 3. The largest absolute Gasteiger partial charge is 0.480 e. The van der Waals surface area contributed by atoms with Gasteiger partial charge in [-0.1, -0.05) is 36.7 Å². The van der Waals surface area contributed by atoms with Gasteiger partial charge in [-0.2, -0.15) is 0 Å². The maximum absolute atomic E-state index is 13.2. The highest BCUT2D eigenvalue weighted by molar-refractivity contribution is 7.92. The van der Waals surface area contributed by atoms with Crippen molar-refractivity contribution < 1.29 is 17.9 Å². The number of sulfonamides is 1. The molecule has 0 bridgehead atoms.